The summed E-state index contributed by atoms with van der Waals surface area (Å²) in [5.74, 6) is 1.60. The third-order valence-electron chi connectivity index (χ3n) is 4.91. The maximum absolute atomic E-state index is 8.74. The lowest BCUT2D eigenvalue weighted by atomic mass is 10.1. The Morgan fingerprint density at radius 3 is 2.41 bits per heavy atom. The molecule has 1 fully saturated rings. The third kappa shape index (κ3) is 5.46. The zero-order chi connectivity index (χ0) is 18.9. The van der Waals surface area contributed by atoms with E-state index < -0.39 is 0 Å². The van der Waals surface area contributed by atoms with Crippen molar-refractivity contribution in [2.75, 3.05) is 39.8 Å². The van der Waals surface area contributed by atoms with Crippen molar-refractivity contribution in [2.24, 2.45) is 0 Å². The number of nitrogens with zero attached hydrogens (tertiary/aromatic N) is 3. The number of nitriles is 1. The Hall–Kier alpha value is -2.55. The first-order valence-electron chi connectivity index (χ1n) is 9.44. The fourth-order valence-electron chi connectivity index (χ4n) is 3.36. The molecule has 0 spiro atoms. The summed E-state index contributed by atoms with van der Waals surface area (Å²) in [6.07, 6.45) is 0.605. The van der Waals surface area contributed by atoms with Crippen LogP contribution in [0.25, 0.3) is 0 Å². The molecule has 0 aromatic heterocycles. The van der Waals surface area contributed by atoms with Crippen molar-refractivity contribution in [3.63, 3.8) is 0 Å². The molecule has 0 saturated carbocycles. The predicted molar refractivity (Wildman–Crippen MR) is 106 cm³/mol. The van der Waals surface area contributed by atoms with Gasteiger partial charge in [0.2, 0.25) is 0 Å². The fraction of sp³-hybridized carbons (Fsp3) is 0.409. The van der Waals surface area contributed by atoms with E-state index in [9.17, 15) is 0 Å². The molecule has 0 aliphatic carbocycles. The summed E-state index contributed by atoms with van der Waals surface area (Å²) < 4.78 is 11.7. The van der Waals surface area contributed by atoms with Crippen LogP contribution in [0, 0.1) is 11.3 Å². The van der Waals surface area contributed by atoms with Crippen molar-refractivity contribution in [2.45, 2.75) is 19.6 Å². The van der Waals surface area contributed by atoms with E-state index >= 15 is 0 Å². The van der Waals surface area contributed by atoms with Crippen LogP contribution in [0.2, 0.25) is 0 Å². The minimum Gasteiger partial charge on any atom is -0.493 e. The van der Waals surface area contributed by atoms with Crippen LogP contribution < -0.4 is 9.47 Å². The molecule has 3 rings (SSSR count). The molecule has 0 bridgehead atoms. The Labute approximate surface area is 161 Å². The normalized spacial score (nSPS) is 15.3. The molecular formula is C22H27N3O2. The first kappa shape index (κ1) is 19.2. The number of rotatable bonds is 8. The van der Waals surface area contributed by atoms with Gasteiger partial charge in [0.25, 0.3) is 0 Å². The first-order chi connectivity index (χ1) is 13.3. The summed E-state index contributed by atoms with van der Waals surface area (Å²) >= 11 is 0. The Morgan fingerprint density at radius 1 is 0.963 bits per heavy atom. The molecule has 0 radical (unpaired) electrons. The molecule has 27 heavy (non-hydrogen) atoms. The van der Waals surface area contributed by atoms with Gasteiger partial charge in [-0.15, -0.1) is 0 Å². The van der Waals surface area contributed by atoms with Gasteiger partial charge in [-0.05, 0) is 11.6 Å². The van der Waals surface area contributed by atoms with E-state index in [0.717, 1.165) is 61.9 Å². The molecule has 1 aliphatic heterocycles. The Kier molecular flexibility index (Phi) is 7.09. The smallest absolute Gasteiger partial charge is 0.166 e. The largest absolute Gasteiger partial charge is 0.493 e. The second-order valence-electron chi connectivity index (χ2n) is 6.75. The van der Waals surface area contributed by atoms with Gasteiger partial charge in [-0.2, -0.15) is 5.26 Å². The van der Waals surface area contributed by atoms with Crippen LogP contribution in [0.15, 0.2) is 48.5 Å². The number of benzene rings is 2. The highest BCUT2D eigenvalue weighted by atomic mass is 16.5. The maximum Gasteiger partial charge on any atom is 0.166 e. The average Bonchev–Trinajstić information content (AvgIpc) is 2.73. The van der Waals surface area contributed by atoms with E-state index in [1.165, 1.54) is 0 Å². The van der Waals surface area contributed by atoms with Gasteiger partial charge in [0, 0.05) is 51.3 Å². The van der Waals surface area contributed by atoms with Gasteiger partial charge < -0.3 is 9.47 Å². The van der Waals surface area contributed by atoms with Crippen molar-refractivity contribution >= 4 is 0 Å². The van der Waals surface area contributed by atoms with E-state index in [0.29, 0.717) is 13.0 Å². The summed E-state index contributed by atoms with van der Waals surface area (Å²) in [6.45, 7) is 6.25. The molecule has 0 unspecified atom stereocenters. The Bertz CT molecular complexity index is 750. The van der Waals surface area contributed by atoms with Crippen LogP contribution >= 0.6 is 0 Å². The summed E-state index contributed by atoms with van der Waals surface area (Å²) in [5.41, 5.74) is 2.29. The number of ether oxygens (including phenoxy) is 2. The first-order valence-corrected chi connectivity index (χ1v) is 9.44. The van der Waals surface area contributed by atoms with Crippen molar-refractivity contribution in [1.82, 2.24) is 9.80 Å². The van der Waals surface area contributed by atoms with E-state index in [4.69, 9.17) is 14.7 Å². The monoisotopic (exact) mass is 365 g/mol. The lowest BCUT2D eigenvalue weighted by Gasteiger charge is -2.34. The van der Waals surface area contributed by atoms with Crippen molar-refractivity contribution < 1.29 is 9.47 Å². The molecule has 1 saturated heterocycles. The molecule has 142 valence electrons. The Balaban J connectivity index is 1.64. The van der Waals surface area contributed by atoms with E-state index in [1.54, 1.807) is 7.11 Å². The van der Waals surface area contributed by atoms with Crippen LogP contribution in [-0.2, 0) is 13.2 Å². The standard InChI is InChI=1S/C22H27N3O2/c1-26-21-10-5-9-20(22(21)27-18-19-7-3-2-4-8-19)17-25-15-13-24(14-16-25)12-6-11-23/h2-5,7-10H,6,12-18H2,1H3. The van der Waals surface area contributed by atoms with Crippen molar-refractivity contribution in [1.29, 1.82) is 5.26 Å². The zero-order valence-electron chi connectivity index (χ0n) is 15.9. The number of hydrogen-bond donors (Lipinski definition) is 0. The van der Waals surface area contributed by atoms with Crippen molar-refractivity contribution in [3.8, 4) is 17.6 Å². The van der Waals surface area contributed by atoms with E-state index in [2.05, 4.69) is 34.1 Å². The molecule has 0 N–H and O–H groups in total. The lowest BCUT2D eigenvalue weighted by molar-refractivity contribution is 0.127. The third-order valence-corrected chi connectivity index (χ3v) is 4.91. The number of piperazine rings is 1. The van der Waals surface area contributed by atoms with Crippen molar-refractivity contribution in [3.05, 3.63) is 59.7 Å². The number of methoxy groups -OCH3 is 1. The zero-order valence-corrected chi connectivity index (χ0v) is 15.9. The highest BCUT2D eigenvalue weighted by Gasteiger charge is 2.19. The van der Waals surface area contributed by atoms with Gasteiger partial charge in [-0.25, -0.2) is 0 Å². The van der Waals surface area contributed by atoms with Crippen LogP contribution in [0.3, 0.4) is 0 Å². The molecule has 1 heterocycles. The summed E-state index contributed by atoms with van der Waals surface area (Å²) in [6, 6.07) is 18.5. The minimum atomic E-state index is 0.524. The average molecular weight is 365 g/mol. The van der Waals surface area contributed by atoms with Gasteiger partial charge >= 0.3 is 0 Å². The highest BCUT2D eigenvalue weighted by molar-refractivity contribution is 5.46. The second-order valence-corrected chi connectivity index (χ2v) is 6.75. The topological polar surface area (TPSA) is 48.7 Å². The quantitative estimate of drug-likeness (QED) is 0.718. The Morgan fingerprint density at radius 2 is 1.70 bits per heavy atom. The molecule has 0 amide bonds. The number of para-hydroxylation sites is 1. The van der Waals surface area contributed by atoms with Crippen LogP contribution in [-0.4, -0.2) is 49.6 Å². The molecule has 1 aliphatic rings. The van der Waals surface area contributed by atoms with Crippen LogP contribution in [0.1, 0.15) is 17.5 Å². The minimum absolute atomic E-state index is 0.524. The summed E-state index contributed by atoms with van der Waals surface area (Å²) in [4.78, 5) is 4.80. The van der Waals surface area contributed by atoms with Crippen LogP contribution in [0.5, 0.6) is 11.5 Å². The highest BCUT2D eigenvalue weighted by Crippen LogP contribution is 2.33. The van der Waals surface area contributed by atoms with Gasteiger partial charge in [0.15, 0.2) is 11.5 Å². The molecule has 2 aromatic rings. The van der Waals surface area contributed by atoms with E-state index in [-0.39, 0.29) is 0 Å². The summed E-state index contributed by atoms with van der Waals surface area (Å²) in [7, 11) is 1.68. The molecule has 5 heteroatoms. The molecule has 2 aromatic carbocycles. The molecule has 5 nitrogen and oxygen atoms in total. The van der Waals surface area contributed by atoms with Gasteiger partial charge in [-0.1, -0.05) is 42.5 Å². The van der Waals surface area contributed by atoms with Gasteiger partial charge in [-0.3, -0.25) is 9.80 Å². The maximum atomic E-state index is 8.74. The SMILES string of the molecule is COc1cccc(CN2CCN(CCC#N)CC2)c1OCc1ccccc1. The fourth-order valence-corrected chi connectivity index (χ4v) is 3.36. The lowest BCUT2D eigenvalue weighted by Crippen LogP contribution is -2.46. The van der Waals surface area contributed by atoms with E-state index in [1.807, 2.05) is 30.3 Å². The van der Waals surface area contributed by atoms with Gasteiger partial charge in [0.05, 0.1) is 13.2 Å². The van der Waals surface area contributed by atoms with Crippen LogP contribution in [0.4, 0.5) is 0 Å². The van der Waals surface area contributed by atoms with Gasteiger partial charge in [0.1, 0.15) is 6.61 Å². The second kappa shape index (κ2) is 9.96. The number of hydrogen-bond acceptors (Lipinski definition) is 5. The molecule has 0 atom stereocenters. The predicted octanol–water partition coefficient (Wildman–Crippen LogP) is 3.31. The summed E-state index contributed by atoms with van der Waals surface area (Å²) in [5, 5.41) is 8.74. The molecular weight excluding hydrogens is 338 g/mol.